The first-order valence-corrected chi connectivity index (χ1v) is 7.22. The average molecular weight is 274 g/mol. The first-order valence-electron chi connectivity index (χ1n) is 7.22. The zero-order valence-electron chi connectivity index (χ0n) is 11.8. The van der Waals surface area contributed by atoms with Crippen molar-refractivity contribution in [1.82, 2.24) is 0 Å². The summed E-state index contributed by atoms with van der Waals surface area (Å²) >= 11 is 0. The van der Waals surface area contributed by atoms with Gasteiger partial charge in [0.25, 0.3) is 0 Å². The highest BCUT2D eigenvalue weighted by atomic mass is 16.5. The highest BCUT2D eigenvalue weighted by Crippen LogP contribution is 2.35. The van der Waals surface area contributed by atoms with E-state index >= 15 is 0 Å². The van der Waals surface area contributed by atoms with Gasteiger partial charge in [0.15, 0.2) is 0 Å². The lowest BCUT2D eigenvalue weighted by atomic mass is 9.79. The number of hydrogen-bond donors (Lipinski definition) is 1. The second-order valence-electron chi connectivity index (χ2n) is 5.47. The monoisotopic (exact) mass is 274 g/mol. The third-order valence-electron chi connectivity index (χ3n) is 4.07. The van der Waals surface area contributed by atoms with Gasteiger partial charge in [-0.2, -0.15) is 0 Å². The molecule has 3 nitrogen and oxygen atoms in total. The lowest BCUT2D eigenvalue weighted by molar-refractivity contribution is 0.0697. The lowest BCUT2D eigenvalue weighted by Gasteiger charge is -2.28. The molecule has 2 rings (SSSR count). The Kier molecular flexibility index (Phi) is 5.36. The highest BCUT2D eigenvalue weighted by molar-refractivity contribution is 5.87. The zero-order valence-corrected chi connectivity index (χ0v) is 11.8. The number of benzene rings is 1. The summed E-state index contributed by atoms with van der Waals surface area (Å²) in [6, 6.07) is 7.33. The smallest absolute Gasteiger partial charge is 0.335 e. The first kappa shape index (κ1) is 14.8. The van der Waals surface area contributed by atoms with Crippen LogP contribution in [0.1, 0.15) is 47.5 Å². The van der Waals surface area contributed by atoms with Crippen LogP contribution in [0, 0.1) is 5.92 Å². The fraction of sp³-hybridized carbons (Fsp3) is 0.471. The molecule has 1 N–H and O–H groups in total. The molecule has 108 valence electrons. The van der Waals surface area contributed by atoms with E-state index in [1.54, 1.807) is 18.2 Å². The number of carbonyl (C=O) groups is 1. The Morgan fingerprint density at radius 3 is 2.45 bits per heavy atom. The normalized spacial score (nSPS) is 22.4. The molecule has 1 saturated carbocycles. The van der Waals surface area contributed by atoms with Crippen molar-refractivity contribution in [2.24, 2.45) is 5.92 Å². The van der Waals surface area contributed by atoms with Crippen molar-refractivity contribution in [3.05, 3.63) is 48.0 Å². The topological polar surface area (TPSA) is 46.5 Å². The Hall–Kier alpha value is -1.61. The SMILES string of the molecule is C=CCOC[C@H]1CC[C@H](c2ccc(C(=O)O)cc2)CC1. The predicted octanol–water partition coefficient (Wildman–Crippen LogP) is 3.86. The Labute approximate surface area is 120 Å². The minimum Gasteiger partial charge on any atom is -0.478 e. The quantitative estimate of drug-likeness (QED) is 0.633. The molecule has 0 saturated heterocycles. The molecule has 0 atom stereocenters. The maximum Gasteiger partial charge on any atom is 0.335 e. The number of hydrogen-bond acceptors (Lipinski definition) is 2. The van der Waals surface area contributed by atoms with Crippen molar-refractivity contribution >= 4 is 5.97 Å². The van der Waals surface area contributed by atoms with Crippen LogP contribution in [0.4, 0.5) is 0 Å². The molecule has 1 aromatic rings. The van der Waals surface area contributed by atoms with E-state index in [1.165, 1.54) is 18.4 Å². The summed E-state index contributed by atoms with van der Waals surface area (Å²) in [5.74, 6) is 0.359. The van der Waals surface area contributed by atoms with E-state index < -0.39 is 5.97 Å². The molecule has 0 bridgehead atoms. The Bertz CT molecular complexity index is 442. The molecule has 1 fully saturated rings. The molecule has 0 amide bonds. The molecular weight excluding hydrogens is 252 g/mol. The van der Waals surface area contributed by atoms with Crippen LogP contribution in [-0.2, 0) is 4.74 Å². The highest BCUT2D eigenvalue weighted by Gasteiger charge is 2.22. The van der Waals surface area contributed by atoms with E-state index in [1.807, 2.05) is 12.1 Å². The maximum absolute atomic E-state index is 10.8. The molecule has 1 aromatic carbocycles. The van der Waals surface area contributed by atoms with Crippen LogP contribution in [0.3, 0.4) is 0 Å². The third-order valence-corrected chi connectivity index (χ3v) is 4.07. The Morgan fingerprint density at radius 1 is 1.25 bits per heavy atom. The summed E-state index contributed by atoms with van der Waals surface area (Å²) < 4.78 is 5.52. The molecule has 1 aliphatic carbocycles. The summed E-state index contributed by atoms with van der Waals surface area (Å²) in [7, 11) is 0. The van der Waals surface area contributed by atoms with Gasteiger partial charge in [-0.15, -0.1) is 6.58 Å². The number of rotatable bonds is 6. The number of aromatic carboxylic acids is 1. The summed E-state index contributed by atoms with van der Waals surface area (Å²) in [4.78, 5) is 10.8. The lowest BCUT2D eigenvalue weighted by Crippen LogP contribution is -2.18. The largest absolute Gasteiger partial charge is 0.478 e. The van der Waals surface area contributed by atoms with Gasteiger partial charge in [-0.05, 0) is 55.2 Å². The van der Waals surface area contributed by atoms with Crippen molar-refractivity contribution < 1.29 is 14.6 Å². The van der Waals surface area contributed by atoms with Gasteiger partial charge in [-0.25, -0.2) is 4.79 Å². The summed E-state index contributed by atoms with van der Waals surface area (Å²) in [6.07, 6.45) is 6.48. The van der Waals surface area contributed by atoms with Crippen molar-refractivity contribution in [2.75, 3.05) is 13.2 Å². The van der Waals surface area contributed by atoms with Crippen LogP contribution in [0.15, 0.2) is 36.9 Å². The van der Waals surface area contributed by atoms with Crippen LogP contribution in [-0.4, -0.2) is 24.3 Å². The molecule has 0 heterocycles. The second kappa shape index (κ2) is 7.25. The Morgan fingerprint density at radius 2 is 1.90 bits per heavy atom. The van der Waals surface area contributed by atoms with Gasteiger partial charge in [0.1, 0.15) is 0 Å². The van der Waals surface area contributed by atoms with Crippen LogP contribution >= 0.6 is 0 Å². The van der Waals surface area contributed by atoms with Crippen LogP contribution < -0.4 is 0 Å². The van der Waals surface area contributed by atoms with Crippen molar-refractivity contribution in [3.63, 3.8) is 0 Å². The molecule has 1 aliphatic rings. The number of carboxylic acid groups (broad SMARTS) is 1. The zero-order chi connectivity index (χ0) is 14.4. The van der Waals surface area contributed by atoms with Crippen LogP contribution in [0.25, 0.3) is 0 Å². The molecule has 0 aromatic heterocycles. The van der Waals surface area contributed by atoms with E-state index in [0.717, 1.165) is 19.4 Å². The summed E-state index contributed by atoms with van der Waals surface area (Å²) in [5.41, 5.74) is 1.63. The minimum absolute atomic E-state index is 0.361. The third kappa shape index (κ3) is 3.94. The fourth-order valence-electron chi connectivity index (χ4n) is 2.88. The molecule has 0 spiro atoms. The number of ether oxygens (including phenoxy) is 1. The van der Waals surface area contributed by atoms with Gasteiger partial charge < -0.3 is 9.84 Å². The van der Waals surface area contributed by atoms with E-state index in [0.29, 0.717) is 24.0 Å². The molecule has 0 radical (unpaired) electrons. The van der Waals surface area contributed by atoms with Crippen molar-refractivity contribution in [2.45, 2.75) is 31.6 Å². The van der Waals surface area contributed by atoms with Crippen LogP contribution in [0.5, 0.6) is 0 Å². The van der Waals surface area contributed by atoms with Gasteiger partial charge >= 0.3 is 5.97 Å². The Balaban J connectivity index is 1.84. The van der Waals surface area contributed by atoms with Gasteiger partial charge in [0, 0.05) is 6.61 Å². The molecule has 0 aliphatic heterocycles. The maximum atomic E-state index is 10.8. The van der Waals surface area contributed by atoms with Gasteiger partial charge in [0.2, 0.25) is 0 Å². The average Bonchev–Trinajstić information content (AvgIpc) is 2.48. The van der Waals surface area contributed by atoms with E-state index in [9.17, 15) is 4.79 Å². The summed E-state index contributed by atoms with van der Waals surface area (Å²) in [5, 5.41) is 8.90. The summed E-state index contributed by atoms with van der Waals surface area (Å²) in [6.45, 7) is 5.11. The van der Waals surface area contributed by atoms with E-state index in [2.05, 4.69) is 6.58 Å². The minimum atomic E-state index is -0.861. The van der Waals surface area contributed by atoms with Gasteiger partial charge in [0.05, 0.1) is 12.2 Å². The van der Waals surface area contributed by atoms with Gasteiger partial charge in [-0.1, -0.05) is 18.2 Å². The van der Waals surface area contributed by atoms with Crippen molar-refractivity contribution in [3.8, 4) is 0 Å². The fourth-order valence-corrected chi connectivity index (χ4v) is 2.88. The second-order valence-corrected chi connectivity index (χ2v) is 5.47. The predicted molar refractivity (Wildman–Crippen MR) is 79.1 cm³/mol. The first-order chi connectivity index (χ1) is 9.70. The van der Waals surface area contributed by atoms with Crippen molar-refractivity contribution in [1.29, 1.82) is 0 Å². The standard InChI is InChI=1S/C17H22O3/c1-2-11-20-12-13-3-5-14(6-4-13)15-7-9-16(10-8-15)17(18)19/h2,7-10,13-14H,1,3-6,11-12H2,(H,18,19)/t13-,14-. The molecular formula is C17H22O3. The number of carboxylic acids is 1. The van der Waals surface area contributed by atoms with E-state index in [-0.39, 0.29) is 0 Å². The van der Waals surface area contributed by atoms with E-state index in [4.69, 9.17) is 9.84 Å². The molecule has 0 unspecified atom stereocenters. The molecule has 20 heavy (non-hydrogen) atoms. The van der Waals surface area contributed by atoms with Gasteiger partial charge in [-0.3, -0.25) is 0 Å². The van der Waals surface area contributed by atoms with Crippen LogP contribution in [0.2, 0.25) is 0 Å². The molecule has 3 heteroatoms.